The Labute approximate surface area is 229 Å². The van der Waals surface area contributed by atoms with E-state index in [0.29, 0.717) is 11.4 Å². The number of unbranched alkanes of at least 4 members (excludes halogenated alkanes) is 14. The van der Waals surface area contributed by atoms with Crippen molar-refractivity contribution >= 4 is 19.0 Å². The molecule has 0 radical (unpaired) electrons. The zero-order valence-corrected chi connectivity index (χ0v) is 23.8. The van der Waals surface area contributed by atoms with E-state index in [1.54, 1.807) is 12.1 Å². The van der Waals surface area contributed by atoms with Gasteiger partial charge in [-0.1, -0.05) is 104 Å². The number of ketones is 1. The Bertz CT molecular complexity index is 923. The van der Waals surface area contributed by atoms with Crippen molar-refractivity contribution in [2.24, 2.45) is 0 Å². The first-order chi connectivity index (χ1) is 18.5. The molecule has 7 heteroatoms. The fraction of sp³-hybridized carbons (Fsp3) is 0.645. The van der Waals surface area contributed by atoms with Crippen LogP contribution in [0, 0.1) is 0 Å². The average molecular weight is 531 g/mol. The van der Waals surface area contributed by atoms with Gasteiger partial charge in [-0.3, -0.25) is 4.79 Å². The standard InChI is InChI=1S/C31H49BF2N2O2/c1-3-5-7-9-11-13-15-17-19-26-21-23-28(35-26)30(37)25-31(38-32(33)34)29-24-22-27(36-29)20-18-16-14-12-10-8-6-4-2/h21-25,35-36H,3-20H2,1-2H3/b31-25-. The van der Waals surface area contributed by atoms with Gasteiger partial charge in [0.25, 0.3) is 0 Å². The van der Waals surface area contributed by atoms with Crippen LogP contribution in [0.15, 0.2) is 30.3 Å². The van der Waals surface area contributed by atoms with Gasteiger partial charge < -0.3 is 14.6 Å². The summed E-state index contributed by atoms with van der Waals surface area (Å²) in [6.45, 7) is 4.45. The summed E-state index contributed by atoms with van der Waals surface area (Å²) in [5.41, 5.74) is 2.76. The van der Waals surface area contributed by atoms with Crippen molar-refractivity contribution in [3.63, 3.8) is 0 Å². The van der Waals surface area contributed by atoms with Gasteiger partial charge in [0, 0.05) is 17.5 Å². The number of rotatable bonds is 23. The first-order valence-electron chi connectivity index (χ1n) is 15.1. The minimum Gasteiger partial charge on any atom is -0.503 e. The maximum Gasteiger partial charge on any atom is 0.796 e. The molecule has 2 heterocycles. The van der Waals surface area contributed by atoms with Gasteiger partial charge in [0.15, 0.2) is 0 Å². The summed E-state index contributed by atoms with van der Waals surface area (Å²) in [6.07, 6.45) is 22.8. The molecule has 4 nitrogen and oxygen atoms in total. The predicted molar refractivity (Wildman–Crippen MR) is 156 cm³/mol. The van der Waals surface area contributed by atoms with Crippen LogP contribution in [-0.2, 0) is 17.5 Å². The van der Waals surface area contributed by atoms with Crippen molar-refractivity contribution < 1.29 is 18.1 Å². The highest BCUT2D eigenvalue weighted by molar-refractivity contribution is 6.36. The lowest BCUT2D eigenvalue weighted by atomic mass is 10.1. The topological polar surface area (TPSA) is 57.9 Å². The van der Waals surface area contributed by atoms with E-state index in [0.717, 1.165) is 49.6 Å². The molecule has 0 aromatic carbocycles. The second-order valence-corrected chi connectivity index (χ2v) is 10.5. The molecular formula is C31H49BF2N2O2. The van der Waals surface area contributed by atoms with Crippen LogP contribution in [0.2, 0.25) is 0 Å². The van der Waals surface area contributed by atoms with E-state index in [1.165, 1.54) is 83.5 Å². The number of hydrogen-bond donors (Lipinski definition) is 2. The molecular weight excluding hydrogens is 481 g/mol. The van der Waals surface area contributed by atoms with Crippen LogP contribution in [0.3, 0.4) is 0 Å². The molecule has 0 spiro atoms. The second kappa shape index (κ2) is 19.7. The quantitative estimate of drug-likeness (QED) is 0.0494. The van der Waals surface area contributed by atoms with Crippen molar-refractivity contribution in [2.75, 3.05) is 0 Å². The molecule has 2 aromatic heterocycles. The van der Waals surface area contributed by atoms with Gasteiger partial charge in [0.2, 0.25) is 5.78 Å². The van der Waals surface area contributed by atoms with Gasteiger partial charge in [0.1, 0.15) is 5.76 Å². The van der Waals surface area contributed by atoms with Gasteiger partial charge in [-0.2, -0.15) is 0 Å². The maximum absolute atomic E-state index is 13.1. The van der Waals surface area contributed by atoms with Crippen molar-refractivity contribution in [2.45, 2.75) is 129 Å². The van der Waals surface area contributed by atoms with Gasteiger partial charge in [0.05, 0.1) is 11.4 Å². The van der Waals surface area contributed by atoms with Crippen LogP contribution in [0.25, 0.3) is 5.76 Å². The first kappa shape index (κ1) is 31.9. The van der Waals surface area contributed by atoms with E-state index in [2.05, 4.69) is 23.8 Å². The van der Waals surface area contributed by atoms with Gasteiger partial charge in [-0.15, -0.1) is 0 Å². The van der Waals surface area contributed by atoms with Gasteiger partial charge in [-0.25, -0.2) is 8.63 Å². The summed E-state index contributed by atoms with van der Waals surface area (Å²) in [7, 11) is -3.00. The summed E-state index contributed by atoms with van der Waals surface area (Å²) < 4.78 is 31.0. The first-order valence-corrected chi connectivity index (χ1v) is 15.1. The van der Waals surface area contributed by atoms with Crippen molar-refractivity contribution in [1.29, 1.82) is 0 Å². The average Bonchev–Trinajstić information content (AvgIpc) is 3.57. The Morgan fingerprint density at radius 2 is 1.11 bits per heavy atom. The third-order valence-electron chi connectivity index (χ3n) is 7.10. The van der Waals surface area contributed by atoms with Crippen LogP contribution < -0.4 is 0 Å². The summed E-state index contributed by atoms with van der Waals surface area (Å²) >= 11 is 0. The minimum atomic E-state index is -3.00. The number of H-pyrrole nitrogens is 2. The Kier molecular flexibility index (Phi) is 16.6. The molecule has 0 aliphatic rings. The highest BCUT2D eigenvalue weighted by Gasteiger charge is 2.22. The molecule has 0 aliphatic carbocycles. The number of nitrogens with one attached hydrogen (secondary N) is 2. The summed E-state index contributed by atoms with van der Waals surface area (Å²) in [6, 6.07) is 7.23. The summed E-state index contributed by atoms with van der Waals surface area (Å²) in [5, 5.41) is 0. The summed E-state index contributed by atoms with van der Waals surface area (Å²) in [4.78, 5) is 19.1. The third-order valence-corrected chi connectivity index (χ3v) is 7.10. The molecule has 2 rings (SSSR count). The molecule has 0 aliphatic heterocycles. The number of carbonyl (C=O) groups is 1. The number of aromatic amines is 2. The largest absolute Gasteiger partial charge is 0.796 e. The molecule has 0 atom stereocenters. The zero-order valence-electron chi connectivity index (χ0n) is 23.8. The van der Waals surface area contributed by atoms with E-state index in [9.17, 15) is 13.4 Å². The number of halogens is 2. The van der Waals surface area contributed by atoms with Gasteiger partial charge in [-0.05, 0) is 49.9 Å². The fourth-order valence-electron chi connectivity index (χ4n) is 4.83. The molecule has 0 fully saturated rings. The lowest BCUT2D eigenvalue weighted by molar-refractivity contribution is 0.104. The highest BCUT2D eigenvalue weighted by Crippen LogP contribution is 2.20. The van der Waals surface area contributed by atoms with Crippen molar-refractivity contribution in [3.05, 3.63) is 53.1 Å². The molecule has 0 amide bonds. The van der Waals surface area contributed by atoms with E-state index in [1.807, 2.05) is 12.1 Å². The number of aromatic nitrogens is 2. The van der Waals surface area contributed by atoms with Crippen molar-refractivity contribution in [3.8, 4) is 0 Å². The zero-order chi connectivity index (χ0) is 27.4. The van der Waals surface area contributed by atoms with Crippen LogP contribution >= 0.6 is 0 Å². The molecule has 0 unspecified atom stereocenters. The Balaban J connectivity index is 1.82. The second-order valence-electron chi connectivity index (χ2n) is 10.5. The molecule has 2 N–H and O–H groups in total. The minimum absolute atomic E-state index is 0.133. The van der Waals surface area contributed by atoms with Crippen LogP contribution in [0.5, 0.6) is 0 Å². The number of hydrogen-bond acceptors (Lipinski definition) is 2. The molecule has 212 valence electrons. The lowest BCUT2D eigenvalue weighted by Gasteiger charge is -2.07. The molecule has 2 aromatic rings. The van der Waals surface area contributed by atoms with E-state index in [-0.39, 0.29) is 11.5 Å². The Hall–Kier alpha value is -2.31. The number of allylic oxidation sites excluding steroid dienone is 1. The van der Waals surface area contributed by atoms with E-state index < -0.39 is 7.47 Å². The predicted octanol–water partition coefficient (Wildman–Crippen LogP) is 9.87. The molecule has 0 saturated heterocycles. The van der Waals surface area contributed by atoms with Crippen LogP contribution in [0.4, 0.5) is 8.63 Å². The molecule has 38 heavy (non-hydrogen) atoms. The van der Waals surface area contributed by atoms with E-state index in [4.69, 9.17) is 4.65 Å². The monoisotopic (exact) mass is 530 g/mol. The smallest absolute Gasteiger partial charge is 0.503 e. The Morgan fingerprint density at radius 3 is 1.58 bits per heavy atom. The SMILES string of the molecule is CCCCCCCCCCc1ccc(C(=O)/C=C(\OB(F)F)c2ccc(CCCCCCCCCC)[nH]2)[nH]1. The number of aryl methyl sites for hydroxylation is 2. The van der Waals surface area contributed by atoms with Crippen molar-refractivity contribution in [1.82, 2.24) is 9.97 Å². The summed E-state index contributed by atoms with van der Waals surface area (Å²) in [5.74, 6) is -0.506. The van der Waals surface area contributed by atoms with Crippen LogP contribution in [0.1, 0.15) is 144 Å². The number of carbonyl (C=O) groups excluding carboxylic acids is 1. The molecule has 0 bridgehead atoms. The third kappa shape index (κ3) is 13.5. The Morgan fingerprint density at radius 1 is 0.684 bits per heavy atom. The molecule has 0 saturated carbocycles. The normalized spacial score (nSPS) is 11.7. The van der Waals surface area contributed by atoms with Gasteiger partial charge >= 0.3 is 7.47 Å². The van der Waals surface area contributed by atoms with E-state index >= 15 is 0 Å². The van der Waals surface area contributed by atoms with Crippen LogP contribution in [-0.4, -0.2) is 23.2 Å². The lowest BCUT2D eigenvalue weighted by Crippen LogP contribution is -2.07. The maximum atomic E-state index is 13.1. The highest BCUT2D eigenvalue weighted by atomic mass is 19.2. The fourth-order valence-corrected chi connectivity index (χ4v) is 4.83.